The number of amides is 1. The van der Waals surface area contributed by atoms with E-state index >= 15 is 0 Å². The summed E-state index contributed by atoms with van der Waals surface area (Å²) in [4.78, 5) is 38.5. The maximum atomic E-state index is 13.1. The Morgan fingerprint density at radius 2 is 2.03 bits per heavy atom. The lowest BCUT2D eigenvalue weighted by molar-refractivity contribution is -0.122. The van der Waals surface area contributed by atoms with E-state index in [1.165, 1.54) is 20.5 Å². The third-order valence-electron chi connectivity index (χ3n) is 5.19. The first-order chi connectivity index (χ1) is 14.6. The monoisotopic (exact) mass is 429 g/mol. The van der Waals surface area contributed by atoms with E-state index in [2.05, 4.69) is 5.32 Å². The van der Waals surface area contributed by atoms with Gasteiger partial charge in [0.05, 0.1) is 25.3 Å². The number of hydrogen-bond donors (Lipinski definition) is 1. The van der Waals surface area contributed by atoms with Crippen molar-refractivity contribution in [1.29, 1.82) is 0 Å². The van der Waals surface area contributed by atoms with Gasteiger partial charge in [-0.05, 0) is 42.0 Å². The summed E-state index contributed by atoms with van der Waals surface area (Å²) in [5.41, 5.74) is 0.416. The minimum atomic E-state index is -0.506. The Morgan fingerprint density at radius 3 is 2.73 bits per heavy atom. The Bertz CT molecular complexity index is 1160. The SMILES string of the molecule is COc1ccc(Cn2c(=O)c3sccc3n(CC(=O)NC[C@H]3CCCO3)c2=O)cc1. The van der Waals surface area contributed by atoms with Gasteiger partial charge in [-0.15, -0.1) is 11.3 Å². The molecule has 1 atom stereocenters. The summed E-state index contributed by atoms with van der Waals surface area (Å²) in [6, 6.07) is 8.88. The van der Waals surface area contributed by atoms with Crippen LogP contribution in [0.1, 0.15) is 18.4 Å². The number of carbonyl (C=O) groups excluding carboxylic acids is 1. The number of thiophene rings is 1. The Hall–Kier alpha value is -2.91. The number of benzene rings is 1. The van der Waals surface area contributed by atoms with E-state index in [9.17, 15) is 14.4 Å². The predicted octanol–water partition coefficient (Wildman–Crippen LogP) is 1.58. The van der Waals surface area contributed by atoms with Crippen molar-refractivity contribution >= 4 is 27.5 Å². The highest BCUT2D eigenvalue weighted by atomic mass is 32.1. The number of hydrogen-bond acceptors (Lipinski definition) is 6. The van der Waals surface area contributed by atoms with Crippen LogP contribution in [0.15, 0.2) is 45.3 Å². The summed E-state index contributed by atoms with van der Waals surface area (Å²) >= 11 is 1.26. The molecular weight excluding hydrogens is 406 g/mol. The average molecular weight is 429 g/mol. The van der Waals surface area contributed by atoms with Crippen LogP contribution in [0.4, 0.5) is 0 Å². The second-order valence-electron chi connectivity index (χ2n) is 7.18. The van der Waals surface area contributed by atoms with Gasteiger partial charge in [0.15, 0.2) is 0 Å². The van der Waals surface area contributed by atoms with Gasteiger partial charge in [-0.2, -0.15) is 0 Å². The van der Waals surface area contributed by atoms with Crippen LogP contribution in [-0.2, 0) is 22.6 Å². The Labute approximate surface area is 176 Å². The second-order valence-corrected chi connectivity index (χ2v) is 8.10. The van der Waals surface area contributed by atoms with Gasteiger partial charge >= 0.3 is 5.69 Å². The molecule has 1 fully saturated rings. The van der Waals surface area contributed by atoms with E-state index < -0.39 is 5.69 Å². The number of methoxy groups -OCH3 is 1. The zero-order valence-corrected chi connectivity index (χ0v) is 17.4. The fraction of sp³-hybridized carbons (Fsp3) is 0.381. The molecular formula is C21H23N3O5S. The van der Waals surface area contributed by atoms with Gasteiger partial charge < -0.3 is 14.8 Å². The fourth-order valence-corrected chi connectivity index (χ4v) is 4.41. The number of aromatic nitrogens is 2. The van der Waals surface area contributed by atoms with Crippen molar-refractivity contribution in [1.82, 2.24) is 14.5 Å². The molecule has 0 unspecified atom stereocenters. The number of ether oxygens (including phenoxy) is 2. The van der Waals surface area contributed by atoms with Gasteiger partial charge in [0, 0.05) is 13.2 Å². The van der Waals surface area contributed by atoms with Gasteiger partial charge in [-0.25, -0.2) is 4.79 Å². The molecule has 1 aromatic carbocycles. The number of rotatable bonds is 7. The van der Waals surface area contributed by atoms with Gasteiger partial charge in [0.25, 0.3) is 5.56 Å². The van der Waals surface area contributed by atoms with Crippen LogP contribution < -0.4 is 21.3 Å². The third kappa shape index (κ3) is 4.17. The van der Waals surface area contributed by atoms with Crippen LogP contribution in [0.5, 0.6) is 5.75 Å². The average Bonchev–Trinajstić information content (AvgIpc) is 3.45. The molecule has 3 aromatic rings. The lowest BCUT2D eigenvalue weighted by Crippen LogP contribution is -2.43. The maximum absolute atomic E-state index is 13.1. The number of nitrogens with one attached hydrogen (secondary N) is 1. The van der Waals surface area contributed by atoms with Crippen molar-refractivity contribution in [3.63, 3.8) is 0 Å². The molecule has 158 valence electrons. The van der Waals surface area contributed by atoms with Crippen molar-refractivity contribution in [2.45, 2.75) is 32.0 Å². The molecule has 2 aromatic heterocycles. The molecule has 0 bridgehead atoms. The molecule has 30 heavy (non-hydrogen) atoms. The van der Waals surface area contributed by atoms with Gasteiger partial charge in [-0.3, -0.25) is 18.7 Å². The number of fused-ring (bicyclic) bond motifs is 1. The Morgan fingerprint density at radius 1 is 1.23 bits per heavy atom. The van der Waals surface area contributed by atoms with Gasteiger partial charge in [0.2, 0.25) is 5.91 Å². The molecule has 0 saturated carbocycles. The first-order valence-corrected chi connectivity index (χ1v) is 10.7. The normalized spacial score (nSPS) is 16.1. The lowest BCUT2D eigenvalue weighted by atomic mass is 10.2. The van der Waals surface area contributed by atoms with Crippen molar-refractivity contribution < 1.29 is 14.3 Å². The number of nitrogens with zero attached hydrogens (tertiary/aromatic N) is 2. The van der Waals surface area contributed by atoms with E-state index in [0.717, 1.165) is 18.4 Å². The second kappa shape index (κ2) is 8.85. The lowest BCUT2D eigenvalue weighted by Gasteiger charge is -2.14. The molecule has 3 heterocycles. The summed E-state index contributed by atoms with van der Waals surface area (Å²) in [6.07, 6.45) is 1.93. The molecule has 1 saturated heterocycles. The van der Waals surface area contributed by atoms with Crippen LogP contribution in [0, 0.1) is 0 Å². The van der Waals surface area contributed by atoms with Crippen molar-refractivity contribution in [3.05, 3.63) is 62.1 Å². The van der Waals surface area contributed by atoms with E-state index in [1.807, 2.05) is 12.1 Å². The molecule has 1 amide bonds. The Kier molecular flexibility index (Phi) is 6.01. The smallest absolute Gasteiger partial charge is 0.332 e. The summed E-state index contributed by atoms with van der Waals surface area (Å²) < 4.78 is 13.7. The summed E-state index contributed by atoms with van der Waals surface area (Å²) in [5.74, 6) is 0.412. The third-order valence-corrected chi connectivity index (χ3v) is 6.08. The zero-order chi connectivity index (χ0) is 21.1. The first kappa shape index (κ1) is 20.4. The number of carbonyl (C=O) groups is 1. The van der Waals surface area contributed by atoms with Gasteiger partial charge in [-0.1, -0.05) is 12.1 Å². The molecule has 1 N–H and O–H groups in total. The summed E-state index contributed by atoms with van der Waals surface area (Å²) in [6.45, 7) is 1.10. The standard InChI is InChI=1S/C21H23N3O5S/c1-28-15-6-4-14(5-7-15)12-24-20(26)19-17(8-10-30-19)23(21(24)27)13-18(25)22-11-16-3-2-9-29-16/h4-8,10,16H,2-3,9,11-13H2,1H3,(H,22,25)/t16-/m1/s1. The minimum absolute atomic E-state index is 0.0239. The summed E-state index contributed by atoms with van der Waals surface area (Å²) in [7, 11) is 1.58. The minimum Gasteiger partial charge on any atom is -0.497 e. The Balaban J connectivity index is 1.62. The largest absolute Gasteiger partial charge is 0.497 e. The molecule has 0 radical (unpaired) electrons. The van der Waals surface area contributed by atoms with Crippen LogP contribution in [-0.4, -0.2) is 41.4 Å². The first-order valence-electron chi connectivity index (χ1n) is 9.79. The molecule has 0 spiro atoms. The van der Waals surface area contributed by atoms with E-state index in [1.54, 1.807) is 30.7 Å². The highest BCUT2D eigenvalue weighted by Crippen LogP contribution is 2.16. The zero-order valence-electron chi connectivity index (χ0n) is 16.6. The predicted molar refractivity (Wildman–Crippen MR) is 114 cm³/mol. The van der Waals surface area contributed by atoms with Crippen LogP contribution in [0.3, 0.4) is 0 Å². The van der Waals surface area contributed by atoms with Gasteiger partial charge in [0.1, 0.15) is 17.0 Å². The molecule has 1 aliphatic heterocycles. The molecule has 9 heteroatoms. The topological polar surface area (TPSA) is 91.6 Å². The highest BCUT2D eigenvalue weighted by molar-refractivity contribution is 7.17. The molecule has 0 aliphatic carbocycles. The summed E-state index contributed by atoms with van der Waals surface area (Å²) in [5, 5.41) is 4.59. The van der Waals surface area contributed by atoms with E-state index in [0.29, 0.717) is 29.1 Å². The highest BCUT2D eigenvalue weighted by Gasteiger charge is 2.19. The molecule has 4 rings (SSSR count). The molecule has 1 aliphatic rings. The van der Waals surface area contributed by atoms with Crippen molar-refractivity contribution in [2.24, 2.45) is 0 Å². The van der Waals surface area contributed by atoms with Crippen LogP contribution in [0.2, 0.25) is 0 Å². The van der Waals surface area contributed by atoms with Crippen molar-refractivity contribution in [2.75, 3.05) is 20.3 Å². The van der Waals surface area contributed by atoms with E-state index in [-0.39, 0.29) is 30.7 Å². The fourth-order valence-electron chi connectivity index (χ4n) is 3.57. The van der Waals surface area contributed by atoms with E-state index in [4.69, 9.17) is 9.47 Å². The van der Waals surface area contributed by atoms with Crippen molar-refractivity contribution in [3.8, 4) is 5.75 Å². The van der Waals surface area contributed by atoms with Crippen LogP contribution >= 0.6 is 11.3 Å². The maximum Gasteiger partial charge on any atom is 0.332 e. The molecule has 8 nitrogen and oxygen atoms in total. The quantitative estimate of drug-likeness (QED) is 0.616. The van der Waals surface area contributed by atoms with Crippen LogP contribution in [0.25, 0.3) is 10.2 Å².